The molecule has 0 saturated carbocycles. The molecule has 1 aromatic carbocycles. The number of piperidine rings is 1. The molecular weight excluding hydrogens is 378 g/mol. The second-order valence-corrected chi connectivity index (χ2v) is 9.19. The lowest BCUT2D eigenvalue weighted by Crippen LogP contribution is -2.42. The molecule has 148 valence electrons. The molecule has 0 spiro atoms. The summed E-state index contributed by atoms with van der Waals surface area (Å²) in [6, 6.07) is 7.65. The first kappa shape index (κ1) is 18.7. The van der Waals surface area contributed by atoms with Crippen molar-refractivity contribution in [2.45, 2.75) is 18.9 Å². The number of anilines is 1. The third-order valence-corrected chi connectivity index (χ3v) is 6.62. The first-order valence-corrected chi connectivity index (χ1v) is 11.0. The van der Waals surface area contributed by atoms with Crippen LogP contribution in [0.25, 0.3) is 16.6 Å². The van der Waals surface area contributed by atoms with Crippen molar-refractivity contribution in [3.05, 3.63) is 53.3 Å². The number of nitrogens with zero attached hydrogens (tertiary/aromatic N) is 4. The molecule has 4 rings (SSSR count). The van der Waals surface area contributed by atoms with Crippen molar-refractivity contribution in [1.82, 2.24) is 18.4 Å². The summed E-state index contributed by atoms with van der Waals surface area (Å²) in [5.74, 6) is 0. The van der Waals surface area contributed by atoms with Gasteiger partial charge in [-0.15, -0.1) is 0 Å². The Labute approximate surface area is 163 Å². The second kappa shape index (κ2) is 7.06. The van der Waals surface area contributed by atoms with Gasteiger partial charge in [-0.2, -0.15) is 0 Å². The zero-order valence-corrected chi connectivity index (χ0v) is 16.7. The molecule has 1 saturated heterocycles. The number of benzene rings is 1. The van der Waals surface area contributed by atoms with Crippen molar-refractivity contribution in [3.8, 4) is 5.69 Å². The number of hydrogen-bond acceptors (Lipinski definition) is 5. The summed E-state index contributed by atoms with van der Waals surface area (Å²) in [6.45, 7) is 0.971. The van der Waals surface area contributed by atoms with Crippen molar-refractivity contribution >= 4 is 26.6 Å². The minimum Gasteiger partial charge on any atom is -0.382 e. The fraction of sp³-hybridized carbons (Fsp3) is 0.368. The number of fused-ring (bicyclic) bond motifs is 1. The fourth-order valence-electron chi connectivity index (χ4n) is 3.69. The van der Waals surface area contributed by atoms with Crippen LogP contribution in [0.5, 0.6) is 0 Å². The van der Waals surface area contributed by atoms with Crippen LogP contribution in [0.15, 0.2) is 47.8 Å². The molecule has 3 heterocycles. The monoisotopic (exact) mass is 401 g/mol. The van der Waals surface area contributed by atoms with E-state index >= 15 is 0 Å². The van der Waals surface area contributed by atoms with Crippen LogP contribution in [0.2, 0.25) is 0 Å². The molecule has 0 radical (unpaired) electrons. The van der Waals surface area contributed by atoms with Crippen LogP contribution in [-0.4, -0.2) is 52.2 Å². The quantitative estimate of drug-likeness (QED) is 0.717. The van der Waals surface area contributed by atoms with Crippen molar-refractivity contribution in [1.29, 1.82) is 0 Å². The standard InChI is InChI=1S/C19H23N5O3S/c1-22-18-4-3-15(23-10-7-20-13-23)11-16(18)17(12-19(22)25)21-14-5-8-24(9-6-14)28(2,26)27/h3-4,7,10-14,21H,5-6,8-9H2,1-2H3. The summed E-state index contributed by atoms with van der Waals surface area (Å²) in [5.41, 5.74) is 2.49. The van der Waals surface area contributed by atoms with Gasteiger partial charge < -0.3 is 14.5 Å². The van der Waals surface area contributed by atoms with Gasteiger partial charge in [0.1, 0.15) is 0 Å². The Morgan fingerprint density at radius 2 is 1.93 bits per heavy atom. The smallest absolute Gasteiger partial charge is 0.252 e. The van der Waals surface area contributed by atoms with Gasteiger partial charge in [0.05, 0.1) is 18.1 Å². The molecule has 1 fully saturated rings. The molecule has 8 nitrogen and oxygen atoms in total. The first-order valence-electron chi connectivity index (χ1n) is 9.17. The van der Waals surface area contributed by atoms with E-state index in [2.05, 4.69) is 10.3 Å². The molecule has 1 N–H and O–H groups in total. The molecule has 3 aromatic rings. The van der Waals surface area contributed by atoms with E-state index in [1.807, 2.05) is 29.0 Å². The predicted molar refractivity (Wildman–Crippen MR) is 109 cm³/mol. The average Bonchev–Trinajstić information content (AvgIpc) is 3.20. The minimum absolute atomic E-state index is 0.0843. The molecule has 2 aromatic heterocycles. The van der Waals surface area contributed by atoms with E-state index in [0.717, 1.165) is 22.3 Å². The van der Waals surface area contributed by atoms with Gasteiger partial charge in [-0.3, -0.25) is 4.79 Å². The molecule has 0 bridgehead atoms. The normalized spacial score (nSPS) is 16.5. The SMILES string of the molecule is Cn1c(=O)cc(NC2CCN(S(C)(=O)=O)CC2)c2cc(-n3ccnc3)ccc21. The van der Waals surface area contributed by atoms with Crippen LogP contribution >= 0.6 is 0 Å². The van der Waals surface area contributed by atoms with Gasteiger partial charge in [0.2, 0.25) is 10.0 Å². The average molecular weight is 401 g/mol. The predicted octanol–water partition coefficient (Wildman–Crippen LogP) is 1.56. The van der Waals surface area contributed by atoms with Crippen LogP contribution in [0.3, 0.4) is 0 Å². The summed E-state index contributed by atoms with van der Waals surface area (Å²) in [6.07, 6.45) is 7.97. The highest BCUT2D eigenvalue weighted by Gasteiger charge is 2.25. The maximum absolute atomic E-state index is 12.4. The molecule has 0 aliphatic carbocycles. The second-order valence-electron chi connectivity index (χ2n) is 7.21. The van der Waals surface area contributed by atoms with Crippen molar-refractivity contribution in [3.63, 3.8) is 0 Å². The highest BCUT2D eigenvalue weighted by atomic mass is 32.2. The third-order valence-electron chi connectivity index (χ3n) is 5.32. The Kier molecular flexibility index (Phi) is 4.72. The summed E-state index contributed by atoms with van der Waals surface area (Å²) >= 11 is 0. The highest BCUT2D eigenvalue weighted by molar-refractivity contribution is 7.88. The van der Waals surface area contributed by atoms with E-state index in [1.54, 1.807) is 30.2 Å². The number of rotatable bonds is 4. The van der Waals surface area contributed by atoms with Crippen LogP contribution in [0.4, 0.5) is 5.69 Å². The number of sulfonamides is 1. The largest absolute Gasteiger partial charge is 0.382 e. The molecule has 1 aliphatic rings. The van der Waals surface area contributed by atoms with E-state index in [0.29, 0.717) is 25.9 Å². The Morgan fingerprint density at radius 1 is 1.18 bits per heavy atom. The van der Waals surface area contributed by atoms with Crippen LogP contribution in [0, 0.1) is 0 Å². The Morgan fingerprint density at radius 3 is 2.57 bits per heavy atom. The molecular formula is C19H23N5O3S. The van der Waals surface area contributed by atoms with Gasteiger partial charge in [0, 0.05) is 61.4 Å². The van der Waals surface area contributed by atoms with Crippen LogP contribution in [-0.2, 0) is 17.1 Å². The fourth-order valence-corrected chi connectivity index (χ4v) is 4.57. The van der Waals surface area contributed by atoms with Crippen molar-refractivity contribution in [2.75, 3.05) is 24.7 Å². The number of nitrogens with one attached hydrogen (secondary N) is 1. The molecule has 0 atom stereocenters. The zero-order valence-electron chi connectivity index (χ0n) is 15.9. The van der Waals surface area contributed by atoms with E-state index in [9.17, 15) is 13.2 Å². The topological polar surface area (TPSA) is 89.2 Å². The number of aromatic nitrogens is 3. The number of imidazole rings is 1. The van der Waals surface area contributed by atoms with Gasteiger partial charge in [-0.1, -0.05) is 0 Å². The van der Waals surface area contributed by atoms with E-state index in [1.165, 1.54) is 10.6 Å². The van der Waals surface area contributed by atoms with Gasteiger partial charge in [0.15, 0.2) is 0 Å². The number of pyridine rings is 1. The highest BCUT2D eigenvalue weighted by Crippen LogP contribution is 2.26. The Bertz CT molecular complexity index is 1160. The first-order chi connectivity index (χ1) is 13.3. The molecule has 28 heavy (non-hydrogen) atoms. The van der Waals surface area contributed by atoms with Crippen molar-refractivity contribution < 1.29 is 8.42 Å². The van der Waals surface area contributed by atoms with Crippen LogP contribution < -0.4 is 10.9 Å². The third kappa shape index (κ3) is 3.55. The van der Waals surface area contributed by atoms with E-state index in [4.69, 9.17) is 0 Å². The van der Waals surface area contributed by atoms with Crippen LogP contribution in [0.1, 0.15) is 12.8 Å². The maximum atomic E-state index is 12.4. The lowest BCUT2D eigenvalue weighted by molar-refractivity contribution is 0.332. The molecule has 0 amide bonds. The van der Waals surface area contributed by atoms with Gasteiger partial charge in [-0.25, -0.2) is 17.7 Å². The summed E-state index contributed by atoms with van der Waals surface area (Å²) in [5, 5.41) is 4.42. The summed E-state index contributed by atoms with van der Waals surface area (Å²) in [7, 11) is -1.40. The summed E-state index contributed by atoms with van der Waals surface area (Å²) in [4.78, 5) is 16.5. The lowest BCUT2D eigenvalue weighted by atomic mass is 10.1. The van der Waals surface area contributed by atoms with E-state index < -0.39 is 10.0 Å². The van der Waals surface area contributed by atoms with Gasteiger partial charge >= 0.3 is 0 Å². The molecule has 9 heteroatoms. The van der Waals surface area contributed by atoms with Gasteiger partial charge in [-0.05, 0) is 31.0 Å². The Hall–Kier alpha value is -2.65. The lowest BCUT2D eigenvalue weighted by Gasteiger charge is -2.31. The van der Waals surface area contributed by atoms with Gasteiger partial charge in [0.25, 0.3) is 5.56 Å². The maximum Gasteiger partial charge on any atom is 0.252 e. The number of hydrogen-bond donors (Lipinski definition) is 1. The molecule has 0 unspecified atom stereocenters. The van der Waals surface area contributed by atoms with E-state index in [-0.39, 0.29) is 11.6 Å². The minimum atomic E-state index is -3.16. The Balaban J connectivity index is 1.67. The van der Waals surface area contributed by atoms with Crippen molar-refractivity contribution in [2.24, 2.45) is 7.05 Å². The zero-order chi connectivity index (χ0) is 19.9. The number of aryl methyl sites for hydroxylation is 1. The summed E-state index contributed by atoms with van der Waals surface area (Å²) < 4.78 is 28.5. The molecule has 1 aliphatic heterocycles.